The summed E-state index contributed by atoms with van der Waals surface area (Å²) >= 11 is 0. The highest BCUT2D eigenvalue weighted by molar-refractivity contribution is 7.91. The molecule has 1 N–H and O–H groups in total. The molecule has 3 aromatic rings. The minimum Gasteiger partial charge on any atom is -0.497 e. The van der Waals surface area contributed by atoms with E-state index in [0.29, 0.717) is 86.1 Å². The summed E-state index contributed by atoms with van der Waals surface area (Å²) in [5, 5.41) is 1.35. The van der Waals surface area contributed by atoms with Crippen molar-refractivity contribution in [1.82, 2.24) is 14.6 Å². The number of rotatable bonds is 11. The third kappa shape index (κ3) is 9.85. The molecule has 3 fully saturated rings. The lowest BCUT2D eigenvalue weighted by molar-refractivity contribution is -0.197. The molecule has 2 aromatic carbocycles. The Morgan fingerprint density at radius 1 is 1.00 bits per heavy atom. The van der Waals surface area contributed by atoms with Gasteiger partial charge in [0.1, 0.15) is 25.1 Å². The van der Waals surface area contributed by atoms with Gasteiger partial charge in [-0.15, -0.1) is 0 Å². The first kappa shape index (κ1) is 48.1. The van der Waals surface area contributed by atoms with Crippen LogP contribution in [0.4, 0.5) is 8.78 Å². The molecule has 362 valence electrons. The number of ether oxygens (including phenoxy) is 5. The third-order valence-corrected chi connectivity index (χ3v) is 16.9. The van der Waals surface area contributed by atoms with E-state index in [9.17, 15) is 31.6 Å². The second-order valence-electron chi connectivity index (χ2n) is 20.2. The summed E-state index contributed by atoms with van der Waals surface area (Å²) in [6.45, 7) is 9.03. The number of esters is 1. The molecule has 0 spiro atoms. The predicted octanol–water partition coefficient (Wildman–Crippen LogP) is 7.99. The average Bonchev–Trinajstić information content (AvgIpc) is 4.15. The molecule has 5 aliphatic rings. The first-order chi connectivity index (χ1) is 31.5. The molecule has 1 saturated heterocycles. The number of sulfonamides is 1. The highest BCUT2D eigenvalue weighted by atomic mass is 32.2. The molecular weight excluding hydrogens is 889 g/mol. The van der Waals surface area contributed by atoms with Gasteiger partial charge in [-0.1, -0.05) is 26.0 Å². The largest absolute Gasteiger partial charge is 0.497 e. The summed E-state index contributed by atoms with van der Waals surface area (Å²) in [4.78, 5) is 64.4. The Hall–Kier alpha value is -5.32. The number of hydrogen-bond donors (Lipinski definition) is 1. The van der Waals surface area contributed by atoms with Gasteiger partial charge in [0.2, 0.25) is 27.7 Å². The van der Waals surface area contributed by atoms with Crippen molar-refractivity contribution >= 4 is 44.4 Å². The lowest BCUT2D eigenvalue weighted by Crippen LogP contribution is -2.49. The van der Waals surface area contributed by atoms with Crippen molar-refractivity contribution in [2.24, 2.45) is 29.1 Å². The summed E-state index contributed by atoms with van der Waals surface area (Å²) in [5.41, 5.74) is -2.31. The normalized spacial score (nSPS) is 28.0. The number of amides is 2. The molecular formula is C50H61F2N3O11S. The smallest absolute Gasteiger partial charge is 0.307 e. The van der Waals surface area contributed by atoms with E-state index in [2.05, 4.69) is 4.72 Å². The van der Waals surface area contributed by atoms with E-state index in [1.54, 1.807) is 32.2 Å². The number of hydrogen-bond acceptors (Lipinski definition) is 12. The van der Waals surface area contributed by atoms with Crippen molar-refractivity contribution in [1.29, 1.82) is 0 Å². The Labute approximate surface area is 390 Å². The van der Waals surface area contributed by atoms with Crippen LogP contribution in [0, 0.1) is 29.1 Å². The minimum absolute atomic E-state index is 0.0240. The molecule has 67 heavy (non-hydrogen) atoms. The van der Waals surface area contributed by atoms with Crippen LogP contribution in [0.2, 0.25) is 0 Å². The first-order valence-corrected chi connectivity index (χ1v) is 24.7. The molecule has 8 rings (SSSR count). The van der Waals surface area contributed by atoms with E-state index in [1.807, 2.05) is 50.3 Å². The molecule has 3 aliphatic heterocycles. The molecule has 4 heterocycles. The number of carbonyl (C=O) groups excluding carboxylic acids is 4. The van der Waals surface area contributed by atoms with E-state index in [1.165, 1.54) is 4.90 Å². The molecule has 7 atom stereocenters. The van der Waals surface area contributed by atoms with Crippen LogP contribution in [0.5, 0.6) is 23.1 Å². The van der Waals surface area contributed by atoms with Crippen LogP contribution >= 0.6 is 0 Å². The standard InChI is InChI=1S/C50H61F2N3O11S/c1-29-10-8-9-11-33-26-50(33,46(59)54-67(60,61)48(5)16-17-48)27-40(56)39-24-35(28-55(39)45(58)37(30(2)20-29)25-43(57)66-47(3,4)49(6,51)52)65-44-36-14-13-34(62-7)21-32(36)22-38(53-44)31-12-15-41-42(23-31)64-19-18-63-41/h9,11-15,21-23,29-30,33,35,37,39H,8,10,16-20,24-28H2,1-7H3,(H,54,59)/b11-9-/t29-,30+,33+,35?,37-,39-,50+/m0/s1. The number of halogens is 2. The Morgan fingerprint density at radius 3 is 2.43 bits per heavy atom. The van der Waals surface area contributed by atoms with Gasteiger partial charge in [-0.2, -0.15) is 0 Å². The monoisotopic (exact) mass is 949 g/mol. The zero-order valence-corrected chi connectivity index (χ0v) is 40.0. The van der Waals surface area contributed by atoms with Crippen LogP contribution in [0.3, 0.4) is 0 Å². The Kier molecular flexibility index (Phi) is 12.9. The summed E-state index contributed by atoms with van der Waals surface area (Å²) < 4.78 is 86.5. The maximum atomic E-state index is 15.2. The van der Waals surface area contributed by atoms with Crippen LogP contribution in [0.25, 0.3) is 22.0 Å². The quantitative estimate of drug-likeness (QED) is 0.145. The fraction of sp³-hybridized carbons (Fsp3) is 0.580. The SMILES string of the molecule is COc1ccc2c(OC3C[C@H]4C(=O)C[C@]5(C(=O)NS(=O)(=O)C6(C)CC6)C[C@H]5/C=C\CC[C@H](C)C[C@@H](C)[C@H](CC(=O)OC(C)(C)C(C)(F)F)C(=O)N4C3)nc(-c3ccc4c(c3)OCCO4)cc2c1. The van der Waals surface area contributed by atoms with Crippen LogP contribution in [0.15, 0.2) is 54.6 Å². The van der Waals surface area contributed by atoms with Gasteiger partial charge in [0.05, 0.1) is 47.9 Å². The number of allylic oxidation sites excluding steroid dienone is 2. The van der Waals surface area contributed by atoms with E-state index in [4.69, 9.17) is 28.7 Å². The Morgan fingerprint density at radius 2 is 1.73 bits per heavy atom. The average molecular weight is 950 g/mol. The van der Waals surface area contributed by atoms with E-state index in [0.717, 1.165) is 19.2 Å². The number of aromatic nitrogens is 1. The van der Waals surface area contributed by atoms with Crippen molar-refractivity contribution in [3.8, 4) is 34.4 Å². The summed E-state index contributed by atoms with van der Waals surface area (Å²) in [6.07, 6.45) is 4.96. The molecule has 14 nitrogen and oxygen atoms in total. The zero-order chi connectivity index (χ0) is 48.3. The van der Waals surface area contributed by atoms with Gasteiger partial charge in [0.15, 0.2) is 22.9 Å². The molecule has 2 saturated carbocycles. The number of nitrogens with one attached hydrogen (secondary N) is 1. The van der Waals surface area contributed by atoms with Crippen molar-refractivity contribution in [3.63, 3.8) is 0 Å². The molecule has 2 amide bonds. The summed E-state index contributed by atoms with van der Waals surface area (Å²) in [7, 11) is -2.48. The van der Waals surface area contributed by atoms with Crippen molar-refractivity contribution < 1.29 is 60.1 Å². The Bertz CT molecular complexity index is 2590. The highest BCUT2D eigenvalue weighted by Crippen LogP contribution is 2.58. The topological polar surface area (TPSA) is 177 Å². The lowest BCUT2D eigenvalue weighted by Gasteiger charge is -2.34. The number of carbonyl (C=O) groups is 4. The maximum Gasteiger partial charge on any atom is 0.307 e. The van der Waals surface area contributed by atoms with E-state index >= 15 is 4.79 Å². The van der Waals surface area contributed by atoms with Crippen LogP contribution in [-0.2, 0) is 33.9 Å². The minimum atomic E-state index is -4.04. The number of methoxy groups -OCH3 is 1. The van der Waals surface area contributed by atoms with Crippen molar-refractivity contribution in [2.75, 3.05) is 26.9 Å². The van der Waals surface area contributed by atoms with E-state index < -0.39 is 91.6 Å². The number of fused-ring (bicyclic) bond motifs is 4. The molecule has 0 radical (unpaired) electrons. The second-order valence-corrected chi connectivity index (χ2v) is 22.4. The highest BCUT2D eigenvalue weighted by Gasteiger charge is 2.63. The molecule has 17 heteroatoms. The van der Waals surface area contributed by atoms with Crippen molar-refractivity contribution in [3.05, 3.63) is 54.6 Å². The van der Waals surface area contributed by atoms with Crippen LogP contribution in [-0.4, -0.2) is 97.2 Å². The molecule has 1 unspecified atom stereocenters. The van der Waals surface area contributed by atoms with Crippen molar-refractivity contribution in [2.45, 2.75) is 128 Å². The number of nitrogens with zero attached hydrogens (tertiary/aromatic N) is 2. The van der Waals surface area contributed by atoms with Gasteiger partial charge in [-0.3, -0.25) is 23.9 Å². The van der Waals surface area contributed by atoms with E-state index in [-0.39, 0.29) is 37.6 Å². The molecule has 0 bridgehead atoms. The van der Waals surface area contributed by atoms with Gasteiger partial charge in [0, 0.05) is 30.7 Å². The summed E-state index contributed by atoms with van der Waals surface area (Å²) in [5.74, 6) is -6.09. The molecule has 1 aromatic heterocycles. The third-order valence-electron chi connectivity index (χ3n) is 14.7. The van der Waals surface area contributed by atoms with Gasteiger partial charge >= 0.3 is 5.97 Å². The van der Waals surface area contributed by atoms with Crippen LogP contribution in [0.1, 0.15) is 99.3 Å². The lowest BCUT2D eigenvalue weighted by atomic mass is 9.82. The first-order valence-electron chi connectivity index (χ1n) is 23.2. The number of benzene rings is 2. The predicted molar refractivity (Wildman–Crippen MR) is 244 cm³/mol. The Balaban J connectivity index is 1.16. The second kappa shape index (κ2) is 18.0. The summed E-state index contributed by atoms with van der Waals surface area (Å²) in [6, 6.07) is 11.6. The fourth-order valence-electron chi connectivity index (χ4n) is 9.61. The number of Topliss-reactive ketones (excluding diaryl/α,β-unsaturated/α-hetero) is 1. The van der Waals surface area contributed by atoms with Crippen LogP contribution < -0.4 is 23.7 Å². The maximum absolute atomic E-state index is 15.2. The number of pyridine rings is 1. The fourth-order valence-corrected chi connectivity index (χ4v) is 10.9. The van der Waals surface area contributed by atoms with Gasteiger partial charge in [-0.05, 0) is 125 Å². The molecule has 2 aliphatic carbocycles. The number of ketones is 1. The van der Waals surface area contributed by atoms with Gasteiger partial charge in [0.25, 0.3) is 5.92 Å². The number of alkyl halides is 2. The zero-order valence-electron chi connectivity index (χ0n) is 39.2. The van der Waals surface area contributed by atoms with Gasteiger partial charge in [-0.25, -0.2) is 22.2 Å². The van der Waals surface area contributed by atoms with Gasteiger partial charge < -0.3 is 28.6 Å².